The minimum atomic E-state index is -4.44. The summed E-state index contributed by atoms with van der Waals surface area (Å²) in [5, 5.41) is 7.88. The normalized spacial score (nSPS) is 18.7. The first-order chi connectivity index (χ1) is 18.7. The predicted molar refractivity (Wildman–Crippen MR) is 153 cm³/mol. The van der Waals surface area contributed by atoms with E-state index in [0.717, 1.165) is 31.0 Å². The van der Waals surface area contributed by atoms with Crippen LogP contribution in [0.15, 0.2) is 30.3 Å². The molecule has 0 bridgehead atoms. The molecule has 3 aromatic rings. The van der Waals surface area contributed by atoms with Gasteiger partial charge >= 0.3 is 6.18 Å². The summed E-state index contributed by atoms with van der Waals surface area (Å²) in [6, 6.07) is 7.52. The Balaban J connectivity index is 1.52. The van der Waals surface area contributed by atoms with E-state index < -0.39 is 24.9 Å². The van der Waals surface area contributed by atoms with Crippen molar-refractivity contribution >= 4 is 40.8 Å². The number of benzene rings is 2. The van der Waals surface area contributed by atoms with Crippen molar-refractivity contribution < 1.29 is 22.5 Å². The number of nitrogens with one attached hydrogen (secondary N) is 2. The molecule has 2 N–H and O–H groups in total. The zero-order chi connectivity index (χ0) is 29.0. The lowest BCUT2D eigenvalue weighted by atomic mass is 9.97. The standard InChI is InChI=1S/C29H35F3N5O2P/c1-16-21(7-6-8-23(16)29(30,31)32)17(2)33-27-22-13-25(26(40(4,5)39)14-24(22)34-18(3)35-27)37-12-11-20(15-37)36-28(38)19-9-10-19/h6-8,13-14,17,19-20H,9-12,15H2,1-5H3,(H,36,38)(H,33,34,35)/t17-,20?/m1/s1. The van der Waals surface area contributed by atoms with Crippen LogP contribution in [0, 0.1) is 19.8 Å². The van der Waals surface area contributed by atoms with Gasteiger partial charge in [-0.1, -0.05) is 12.1 Å². The first-order valence-electron chi connectivity index (χ1n) is 13.6. The monoisotopic (exact) mass is 573 g/mol. The lowest BCUT2D eigenvalue weighted by molar-refractivity contribution is -0.138. The third-order valence-corrected chi connectivity index (χ3v) is 9.33. The molecule has 2 heterocycles. The number of alkyl halides is 3. The number of rotatable bonds is 7. The van der Waals surface area contributed by atoms with Crippen LogP contribution in [0.1, 0.15) is 54.7 Å². The Morgan fingerprint density at radius 2 is 1.85 bits per heavy atom. The zero-order valence-electron chi connectivity index (χ0n) is 23.4. The highest BCUT2D eigenvalue weighted by atomic mass is 31.2. The van der Waals surface area contributed by atoms with Crippen LogP contribution in [-0.2, 0) is 15.5 Å². The van der Waals surface area contributed by atoms with Gasteiger partial charge in [-0.2, -0.15) is 13.2 Å². The molecule has 5 rings (SSSR count). The smallest absolute Gasteiger partial charge is 0.369 e. The highest BCUT2D eigenvalue weighted by Crippen LogP contribution is 2.42. The van der Waals surface area contributed by atoms with Crippen molar-refractivity contribution in [2.45, 2.75) is 58.3 Å². The van der Waals surface area contributed by atoms with Crippen LogP contribution >= 0.6 is 7.14 Å². The second-order valence-electron chi connectivity index (χ2n) is 11.4. The molecule has 1 unspecified atom stereocenters. The number of aryl methyl sites for hydroxylation is 1. The minimum Gasteiger partial charge on any atom is -0.369 e. The van der Waals surface area contributed by atoms with Gasteiger partial charge in [0.15, 0.2) is 0 Å². The number of carbonyl (C=O) groups is 1. The molecule has 2 aromatic carbocycles. The van der Waals surface area contributed by atoms with Crippen LogP contribution in [0.3, 0.4) is 0 Å². The molecule has 2 atom stereocenters. The molecule has 40 heavy (non-hydrogen) atoms. The predicted octanol–water partition coefficient (Wildman–Crippen LogP) is 5.79. The summed E-state index contributed by atoms with van der Waals surface area (Å²) in [5.74, 6) is 1.23. The van der Waals surface area contributed by atoms with Crippen LogP contribution in [0.2, 0.25) is 0 Å². The van der Waals surface area contributed by atoms with Gasteiger partial charge in [-0.3, -0.25) is 4.79 Å². The van der Waals surface area contributed by atoms with E-state index in [9.17, 15) is 22.5 Å². The number of hydrogen-bond donors (Lipinski definition) is 2. The van der Waals surface area contributed by atoms with E-state index in [-0.39, 0.29) is 23.4 Å². The number of halogens is 3. The molecule has 1 saturated carbocycles. The van der Waals surface area contributed by atoms with E-state index in [1.807, 2.05) is 12.1 Å². The highest BCUT2D eigenvalue weighted by Gasteiger charge is 2.35. The first kappa shape index (κ1) is 28.4. The highest BCUT2D eigenvalue weighted by molar-refractivity contribution is 7.70. The Bertz CT molecular complexity index is 1520. The zero-order valence-corrected chi connectivity index (χ0v) is 24.3. The summed E-state index contributed by atoms with van der Waals surface area (Å²) in [6.45, 7) is 9.80. The minimum absolute atomic E-state index is 0.0144. The van der Waals surface area contributed by atoms with E-state index in [4.69, 9.17) is 0 Å². The van der Waals surface area contributed by atoms with Gasteiger partial charge in [0.1, 0.15) is 18.8 Å². The van der Waals surface area contributed by atoms with E-state index in [1.54, 1.807) is 33.2 Å². The molecule has 1 aliphatic carbocycles. The molecule has 1 aromatic heterocycles. The summed E-state index contributed by atoms with van der Waals surface area (Å²) < 4.78 is 54.1. The van der Waals surface area contributed by atoms with Gasteiger partial charge in [0.25, 0.3) is 0 Å². The van der Waals surface area contributed by atoms with Crippen LogP contribution in [0.5, 0.6) is 0 Å². The molecule has 11 heteroatoms. The number of aromatic nitrogens is 2. The number of anilines is 2. The molecular formula is C29H35F3N5O2P. The second kappa shape index (κ2) is 10.4. The van der Waals surface area contributed by atoms with Gasteiger partial charge in [0, 0.05) is 41.4 Å². The fourth-order valence-electron chi connectivity index (χ4n) is 5.54. The Kier molecular flexibility index (Phi) is 7.36. The number of fused-ring (bicyclic) bond motifs is 1. The van der Waals surface area contributed by atoms with Crippen LogP contribution < -0.4 is 20.8 Å². The lowest BCUT2D eigenvalue weighted by Crippen LogP contribution is -2.38. The summed E-state index contributed by atoms with van der Waals surface area (Å²) in [6.07, 6.45) is -1.77. The molecule has 214 valence electrons. The van der Waals surface area contributed by atoms with E-state index in [2.05, 4.69) is 25.5 Å². The van der Waals surface area contributed by atoms with Crippen molar-refractivity contribution in [3.05, 3.63) is 52.8 Å². The summed E-state index contributed by atoms with van der Waals surface area (Å²) in [5.41, 5.74) is 1.46. The Morgan fingerprint density at radius 1 is 1.12 bits per heavy atom. The summed E-state index contributed by atoms with van der Waals surface area (Å²) in [7, 11) is -2.72. The van der Waals surface area contributed by atoms with Gasteiger partial charge in [-0.05, 0) is 82.7 Å². The molecule has 1 aliphatic heterocycles. The second-order valence-corrected chi connectivity index (χ2v) is 14.6. The van der Waals surface area contributed by atoms with E-state index in [0.29, 0.717) is 46.5 Å². The van der Waals surface area contributed by atoms with Crippen molar-refractivity contribution in [3.8, 4) is 0 Å². The van der Waals surface area contributed by atoms with Crippen molar-refractivity contribution in [2.24, 2.45) is 5.92 Å². The maximum atomic E-state index is 13.6. The number of carbonyl (C=O) groups excluding carboxylic acids is 1. The maximum absolute atomic E-state index is 13.6. The fourth-order valence-corrected chi connectivity index (χ4v) is 6.73. The Labute approximate surface area is 232 Å². The van der Waals surface area contributed by atoms with Gasteiger partial charge in [-0.25, -0.2) is 9.97 Å². The van der Waals surface area contributed by atoms with Crippen LogP contribution in [-0.4, -0.2) is 48.3 Å². The number of hydrogen-bond acceptors (Lipinski definition) is 6. The third kappa shape index (κ3) is 5.82. The first-order valence-corrected chi connectivity index (χ1v) is 16.2. The Hall–Kier alpha value is -3.13. The molecule has 2 fully saturated rings. The SMILES string of the molecule is Cc1nc(N[C@H](C)c2cccc(C(F)(F)F)c2C)c2cc(N3CCC(NC(=O)C4CC4)C3)c(P(C)(C)=O)cc2n1. The van der Waals surface area contributed by atoms with Gasteiger partial charge in [0.05, 0.1) is 17.1 Å². The summed E-state index contributed by atoms with van der Waals surface area (Å²) in [4.78, 5) is 23.7. The number of amides is 1. The lowest BCUT2D eigenvalue weighted by Gasteiger charge is -2.26. The molecule has 7 nitrogen and oxygen atoms in total. The van der Waals surface area contributed by atoms with Crippen molar-refractivity contribution in [1.29, 1.82) is 0 Å². The maximum Gasteiger partial charge on any atom is 0.416 e. The Morgan fingerprint density at radius 3 is 2.50 bits per heavy atom. The van der Waals surface area contributed by atoms with E-state index >= 15 is 0 Å². The third-order valence-electron chi connectivity index (χ3n) is 7.81. The van der Waals surface area contributed by atoms with Crippen molar-refractivity contribution in [3.63, 3.8) is 0 Å². The molecule has 0 spiro atoms. The van der Waals surface area contributed by atoms with Gasteiger partial charge in [-0.15, -0.1) is 0 Å². The van der Waals surface area contributed by atoms with Crippen molar-refractivity contribution in [2.75, 3.05) is 36.6 Å². The average Bonchev–Trinajstić information content (AvgIpc) is 3.61. The number of nitrogens with zero attached hydrogens (tertiary/aromatic N) is 3. The molecule has 1 saturated heterocycles. The van der Waals surface area contributed by atoms with Gasteiger partial charge < -0.3 is 20.1 Å². The average molecular weight is 574 g/mol. The fraction of sp³-hybridized carbons (Fsp3) is 0.483. The van der Waals surface area contributed by atoms with Crippen LogP contribution in [0.4, 0.5) is 24.7 Å². The topological polar surface area (TPSA) is 87.2 Å². The van der Waals surface area contributed by atoms with E-state index in [1.165, 1.54) is 13.0 Å². The molecule has 2 aliphatic rings. The van der Waals surface area contributed by atoms with Gasteiger partial charge in [0.2, 0.25) is 5.91 Å². The molecule has 1 amide bonds. The van der Waals surface area contributed by atoms with Crippen LogP contribution in [0.25, 0.3) is 10.9 Å². The quantitative estimate of drug-likeness (QED) is 0.348. The molecule has 0 radical (unpaired) electrons. The van der Waals surface area contributed by atoms with Crippen molar-refractivity contribution in [1.82, 2.24) is 15.3 Å². The largest absolute Gasteiger partial charge is 0.416 e. The summed E-state index contributed by atoms with van der Waals surface area (Å²) >= 11 is 0. The molecular weight excluding hydrogens is 538 g/mol.